The molecular weight excluding hydrogens is 158 g/mol. The summed E-state index contributed by atoms with van der Waals surface area (Å²) in [5.74, 6) is 0.686. The van der Waals surface area contributed by atoms with Crippen LogP contribution in [-0.4, -0.2) is 0 Å². The van der Waals surface area contributed by atoms with E-state index in [2.05, 4.69) is 32.9 Å². The smallest absolute Gasteiger partial charge is 0.0317 e. The van der Waals surface area contributed by atoms with Gasteiger partial charge < -0.3 is 5.73 Å². The van der Waals surface area contributed by atoms with Crippen molar-refractivity contribution in [2.45, 2.75) is 38.5 Å². The fourth-order valence-electron chi connectivity index (χ4n) is 2.58. The van der Waals surface area contributed by atoms with Crippen LogP contribution in [0.3, 0.4) is 0 Å². The van der Waals surface area contributed by atoms with Crippen molar-refractivity contribution in [2.75, 3.05) is 5.73 Å². The zero-order valence-electron chi connectivity index (χ0n) is 8.59. The second-order valence-corrected chi connectivity index (χ2v) is 4.84. The molecular formula is C12H17N. The SMILES string of the molecule is CC1CC(C)(C)c2cc(N)ccc21. The molecule has 0 saturated carbocycles. The Morgan fingerprint density at radius 3 is 2.77 bits per heavy atom. The summed E-state index contributed by atoms with van der Waals surface area (Å²) >= 11 is 0. The van der Waals surface area contributed by atoms with E-state index in [1.165, 1.54) is 17.5 Å². The van der Waals surface area contributed by atoms with Gasteiger partial charge in [-0.05, 0) is 41.0 Å². The quantitative estimate of drug-likeness (QED) is 0.602. The number of anilines is 1. The monoisotopic (exact) mass is 175 g/mol. The zero-order valence-corrected chi connectivity index (χ0v) is 8.59. The van der Waals surface area contributed by atoms with Gasteiger partial charge in [-0.3, -0.25) is 0 Å². The highest BCUT2D eigenvalue weighted by molar-refractivity contribution is 5.51. The molecule has 2 N–H and O–H groups in total. The van der Waals surface area contributed by atoms with Crippen molar-refractivity contribution >= 4 is 5.69 Å². The van der Waals surface area contributed by atoms with E-state index in [0.717, 1.165) is 5.69 Å². The van der Waals surface area contributed by atoms with E-state index >= 15 is 0 Å². The summed E-state index contributed by atoms with van der Waals surface area (Å²) in [6.45, 7) is 6.90. The summed E-state index contributed by atoms with van der Waals surface area (Å²) < 4.78 is 0. The lowest BCUT2D eigenvalue weighted by molar-refractivity contribution is 0.489. The average Bonchev–Trinajstić information content (AvgIpc) is 2.23. The van der Waals surface area contributed by atoms with E-state index in [1.807, 2.05) is 6.07 Å². The first-order valence-corrected chi connectivity index (χ1v) is 4.90. The van der Waals surface area contributed by atoms with Crippen molar-refractivity contribution in [2.24, 2.45) is 0 Å². The molecule has 0 amide bonds. The van der Waals surface area contributed by atoms with Gasteiger partial charge in [0.1, 0.15) is 0 Å². The second-order valence-electron chi connectivity index (χ2n) is 4.84. The van der Waals surface area contributed by atoms with Crippen molar-refractivity contribution in [3.8, 4) is 0 Å². The molecule has 0 aromatic heterocycles. The minimum atomic E-state index is 0.310. The Kier molecular flexibility index (Phi) is 1.66. The molecule has 13 heavy (non-hydrogen) atoms. The van der Waals surface area contributed by atoms with Gasteiger partial charge in [0, 0.05) is 5.69 Å². The molecule has 1 heteroatoms. The van der Waals surface area contributed by atoms with Crippen molar-refractivity contribution in [3.63, 3.8) is 0 Å². The average molecular weight is 175 g/mol. The number of benzene rings is 1. The maximum Gasteiger partial charge on any atom is 0.0317 e. The van der Waals surface area contributed by atoms with E-state index in [-0.39, 0.29) is 0 Å². The Morgan fingerprint density at radius 1 is 1.38 bits per heavy atom. The van der Waals surface area contributed by atoms with Crippen LogP contribution in [0.5, 0.6) is 0 Å². The summed E-state index contributed by atoms with van der Waals surface area (Å²) in [5, 5.41) is 0. The first-order valence-electron chi connectivity index (χ1n) is 4.90. The molecule has 0 heterocycles. The number of hydrogen-bond donors (Lipinski definition) is 1. The van der Waals surface area contributed by atoms with Crippen molar-refractivity contribution in [3.05, 3.63) is 29.3 Å². The van der Waals surface area contributed by atoms with Gasteiger partial charge >= 0.3 is 0 Å². The molecule has 0 radical (unpaired) electrons. The molecule has 1 aromatic carbocycles. The molecule has 1 aliphatic carbocycles. The Hall–Kier alpha value is -0.980. The molecule has 1 aliphatic rings. The third-order valence-electron chi connectivity index (χ3n) is 3.15. The van der Waals surface area contributed by atoms with Gasteiger partial charge in [-0.2, -0.15) is 0 Å². The Morgan fingerprint density at radius 2 is 2.08 bits per heavy atom. The van der Waals surface area contributed by atoms with Crippen LogP contribution in [0.15, 0.2) is 18.2 Å². The van der Waals surface area contributed by atoms with E-state index < -0.39 is 0 Å². The van der Waals surface area contributed by atoms with Crippen LogP contribution in [0, 0.1) is 0 Å². The van der Waals surface area contributed by atoms with Crippen molar-refractivity contribution in [1.82, 2.24) is 0 Å². The van der Waals surface area contributed by atoms with Crippen LogP contribution >= 0.6 is 0 Å². The highest BCUT2D eigenvalue weighted by atomic mass is 14.6. The Balaban J connectivity index is 2.60. The number of nitrogen functional groups attached to an aromatic ring is 1. The summed E-state index contributed by atoms with van der Waals surface area (Å²) in [7, 11) is 0. The molecule has 70 valence electrons. The van der Waals surface area contributed by atoms with Crippen molar-refractivity contribution in [1.29, 1.82) is 0 Å². The van der Waals surface area contributed by atoms with E-state index in [1.54, 1.807) is 0 Å². The second kappa shape index (κ2) is 2.50. The van der Waals surface area contributed by atoms with Crippen LogP contribution in [0.1, 0.15) is 44.2 Å². The molecule has 0 bridgehead atoms. The minimum Gasteiger partial charge on any atom is -0.399 e. The number of hydrogen-bond acceptors (Lipinski definition) is 1. The van der Waals surface area contributed by atoms with Gasteiger partial charge in [0.2, 0.25) is 0 Å². The van der Waals surface area contributed by atoms with E-state index in [4.69, 9.17) is 5.73 Å². The molecule has 2 rings (SSSR count). The van der Waals surface area contributed by atoms with Gasteiger partial charge in [-0.25, -0.2) is 0 Å². The van der Waals surface area contributed by atoms with Crippen LogP contribution in [-0.2, 0) is 5.41 Å². The number of rotatable bonds is 0. The van der Waals surface area contributed by atoms with E-state index in [9.17, 15) is 0 Å². The van der Waals surface area contributed by atoms with Gasteiger partial charge in [-0.15, -0.1) is 0 Å². The molecule has 0 saturated heterocycles. The summed E-state index contributed by atoms with van der Waals surface area (Å²) in [6.07, 6.45) is 1.24. The fourth-order valence-corrected chi connectivity index (χ4v) is 2.58. The molecule has 1 unspecified atom stereocenters. The van der Waals surface area contributed by atoms with Crippen LogP contribution in [0.2, 0.25) is 0 Å². The predicted octanol–water partition coefficient (Wildman–Crippen LogP) is 3.05. The standard InChI is InChI=1S/C12H17N/c1-8-7-12(2,3)11-6-9(13)4-5-10(8)11/h4-6,8H,7,13H2,1-3H3. The largest absolute Gasteiger partial charge is 0.399 e. The summed E-state index contributed by atoms with van der Waals surface area (Å²) in [5.41, 5.74) is 9.93. The molecule has 0 fully saturated rings. The summed E-state index contributed by atoms with van der Waals surface area (Å²) in [4.78, 5) is 0. The van der Waals surface area contributed by atoms with Gasteiger partial charge in [0.15, 0.2) is 0 Å². The lowest BCUT2D eigenvalue weighted by Gasteiger charge is -2.19. The highest BCUT2D eigenvalue weighted by Gasteiger charge is 2.34. The molecule has 0 aliphatic heterocycles. The minimum absolute atomic E-state index is 0.310. The lowest BCUT2D eigenvalue weighted by Crippen LogP contribution is -2.12. The van der Waals surface area contributed by atoms with Crippen molar-refractivity contribution < 1.29 is 0 Å². The van der Waals surface area contributed by atoms with Gasteiger partial charge in [-0.1, -0.05) is 26.8 Å². The number of fused-ring (bicyclic) bond motifs is 1. The number of nitrogens with two attached hydrogens (primary N) is 1. The summed E-state index contributed by atoms with van der Waals surface area (Å²) in [6, 6.07) is 6.33. The first kappa shape index (κ1) is 8.61. The Bertz CT molecular complexity index is 339. The predicted molar refractivity (Wildman–Crippen MR) is 56.9 cm³/mol. The van der Waals surface area contributed by atoms with Crippen LogP contribution < -0.4 is 5.73 Å². The van der Waals surface area contributed by atoms with Crippen LogP contribution in [0.4, 0.5) is 5.69 Å². The maximum absolute atomic E-state index is 5.80. The lowest BCUT2D eigenvalue weighted by atomic mass is 9.86. The molecule has 1 atom stereocenters. The van der Waals surface area contributed by atoms with E-state index in [0.29, 0.717) is 11.3 Å². The first-order chi connectivity index (χ1) is 6.00. The van der Waals surface area contributed by atoms with Crippen LogP contribution in [0.25, 0.3) is 0 Å². The van der Waals surface area contributed by atoms with Gasteiger partial charge in [0.25, 0.3) is 0 Å². The maximum atomic E-state index is 5.80. The highest BCUT2D eigenvalue weighted by Crippen LogP contribution is 2.45. The third-order valence-corrected chi connectivity index (χ3v) is 3.15. The molecule has 1 nitrogen and oxygen atoms in total. The molecule has 0 spiro atoms. The normalized spacial score (nSPS) is 24.4. The molecule has 1 aromatic rings. The topological polar surface area (TPSA) is 26.0 Å². The Labute approximate surface area is 80.0 Å². The third kappa shape index (κ3) is 1.23. The zero-order chi connectivity index (χ0) is 9.64. The van der Waals surface area contributed by atoms with Gasteiger partial charge in [0.05, 0.1) is 0 Å². The fraction of sp³-hybridized carbons (Fsp3) is 0.500.